The monoisotopic (exact) mass is 369 g/mol. The zero-order chi connectivity index (χ0) is 18.8. The van der Waals surface area contributed by atoms with E-state index in [-0.39, 0.29) is 17.9 Å². The van der Waals surface area contributed by atoms with Crippen molar-refractivity contribution in [3.63, 3.8) is 0 Å². The lowest BCUT2D eigenvalue weighted by atomic mass is 10.1. The third-order valence-electron chi connectivity index (χ3n) is 4.68. The SMILES string of the molecule is CC(C)c1cc(C(=O)N2CCCO[C@@H](Cn3cccn3)C2)nc2ncnn12. The van der Waals surface area contributed by atoms with Gasteiger partial charge in [0.2, 0.25) is 0 Å². The molecule has 1 amide bonds. The highest BCUT2D eigenvalue weighted by Crippen LogP contribution is 2.18. The van der Waals surface area contributed by atoms with Crippen molar-refractivity contribution >= 4 is 11.7 Å². The van der Waals surface area contributed by atoms with Crippen LogP contribution in [0.25, 0.3) is 5.78 Å². The zero-order valence-corrected chi connectivity index (χ0v) is 15.5. The first-order valence-corrected chi connectivity index (χ1v) is 9.21. The number of ether oxygens (including phenoxy) is 1. The molecule has 0 aromatic carbocycles. The van der Waals surface area contributed by atoms with Crippen LogP contribution in [0.3, 0.4) is 0 Å². The van der Waals surface area contributed by atoms with Crippen LogP contribution >= 0.6 is 0 Å². The Bertz CT molecular complexity index is 919. The second-order valence-electron chi connectivity index (χ2n) is 7.02. The van der Waals surface area contributed by atoms with Gasteiger partial charge in [0.25, 0.3) is 11.7 Å². The van der Waals surface area contributed by atoms with E-state index < -0.39 is 0 Å². The maximum Gasteiger partial charge on any atom is 0.272 e. The number of carbonyl (C=O) groups excluding carboxylic acids is 1. The van der Waals surface area contributed by atoms with E-state index in [1.165, 1.54) is 6.33 Å². The molecule has 1 atom stereocenters. The highest BCUT2D eigenvalue weighted by atomic mass is 16.5. The normalized spacial score (nSPS) is 18.2. The summed E-state index contributed by atoms with van der Waals surface area (Å²) in [5.74, 6) is 0.547. The van der Waals surface area contributed by atoms with E-state index in [9.17, 15) is 4.79 Å². The molecule has 1 fully saturated rings. The van der Waals surface area contributed by atoms with Gasteiger partial charge in [-0.05, 0) is 24.5 Å². The molecule has 27 heavy (non-hydrogen) atoms. The molecular formula is C18H23N7O2. The van der Waals surface area contributed by atoms with Crippen LogP contribution in [0.2, 0.25) is 0 Å². The lowest BCUT2D eigenvalue weighted by molar-refractivity contribution is 0.0365. The summed E-state index contributed by atoms with van der Waals surface area (Å²) in [6.07, 6.45) is 5.80. The Labute approximate surface area is 157 Å². The minimum absolute atomic E-state index is 0.0987. The minimum atomic E-state index is -0.0993. The Hall–Kier alpha value is -2.81. The van der Waals surface area contributed by atoms with Crippen LogP contribution in [0.5, 0.6) is 0 Å². The molecule has 9 nitrogen and oxygen atoms in total. The number of rotatable bonds is 4. The highest BCUT2D eigenvalue weighted by Gasteiger charge is 2.26. The molecule has 3 aromatic heterocycles. The lowest BCUT2D eigenvalue weighted by Gasteiger charge is -2.24. The quantitative estimate of drug-likeness (QED) is 0.690. The van der Waals surface area contributed by atoms with Gasteiger partial charge in [0.15, 0.2) is 0 Å². The van der Waals surface area contributed by atoms with Crippen molar-refractivity contribution in [2.24, 2.45) is 0 Å². The van der Waals surface area contributed by atoms with Gasteiger partial charge in [0.05, 0.1) is 18.3 Å². The maximum atomic E-state index is 13.2. The number of amides is 1. The Morgan fingerprint density at radius 2 is 2.26 bits per heavy atom. The molecule has 4 heterocycles. The topological polar surface area (TPSA) is 90.4 Å². The summed E-state index contributed by atoms with van der Waals surface area (Å²) in [5.41, 5.74) is 1.32. The van der Waals surface area contributed by atoms with Crippen molar-refractivity contribution in [3.8, 4) is 0 Å². The van der Waals surface area contributed by atoms with E-state index in [0.717, 1.165) is 12.1 Å². The molecule has 9 heteroatoms. The molecule has 3 aromatic rings. The summed E-state index contributed by atoms with van der Waals surface area (Å²) in [6, 6.07) is 3.70. The van der Waals surface area contributed by atoms with Gasteiger partial charge < -0.3 is 9.64 Å². The van der Waals surface area contributed by atoms with E-state index in [0.29, 0.717) is 37.7 Å². The first-order chi connectivity index (χ1) is 13.1. The Balaban J connectivity index is 1.58. The molecule has 4 rings (SSSR count). The lowest BCUT2D eigenvalue weighted by Crippen LogP contribution is -2.39. The fourth-order valence-corrected chi connectivity index (χ4v) is 3.33. The Morgan fingerprint density at radius 3 is 3.04 bits per heavy atom. The van der Waals surface area contributed by atoms with Gasteiger partial charge in [-0.15, -0.1) is 0 Å². The van der Waals surface area contributed by atoms with Crippen molar-refractivity contribution in [1.29, 1.82) is 0 Å². The van der Waals surface area contributed by atoms with Crippen LogP contribution in [0.1, 0.15) is 42.4 Å². The van der Waals surface area contributed by atoms with Crippen LogP contribution < -0.4 is 0 Å². The van der Waals surface area contributed by atoms with Gasteiger partial charge in [-0.2, -0.15) is 15.2 Å². The number of hydrogen-bond acceptors (Lipinski definition) is 6. The molecule has 0 N–H and O–H groups in total. The third kappa shape index (κ3) is 3.68. The minimum Gasteiger partial charge on any atom is -0.374 e. The molecular weight excluding hydrogens is 346 g/mol. The number of hydrogen-bond donors (Lipinski definition) is 0. The predicted octanol–water partition coefficient (Wildman–Crippen LogP) is 1.38. The van der Waals surface area contributed by atoms with Crippen LogP contribution in [0, 0.1) is 0 Å². The summed E-state index contributed by atoms with van der Waals surface area (Å²) in [7, 11) is 0. The number of fused-ring (bicyclic) bond motifs is 1. The van der Waals surface area contributed by atoms with Crippen molar-refractivity contribution in [2.45, 2.75) is 38.8 Å². The molecule has 0 radical (unpaired) electrons. The van der Waals surface area contributed by atoms with E-state index >= 15 is 0 Å². The Kier molecular flexibility index (Phi) is 4.85. The molecule has 1 aliphatic rings. The summed E-state index contributed by atoms with van der Waals surface area (Å²) in [4.78, 5) is 23.6. The van der Waals surface area contributed by atoms with E-state index in [4.69, 9.17) is 4.74 Å². The van der Waals surface area contributed by atoms with Crippen LogP contribution in [-0.2, 0) is 11.3 Å². The first kappa shape index (κ1) is 17.6. The van der Waals surface area contributed by atoms with Crippen LogP contribution in [0.15, 0.2) is 30.9 Å². The van der Waals surface area contributed by atoms with Gasteiger partial charge in [-0.3, -0.25) is 9.48 Å². The summed E-state index contributed by atoms with van der Waals surface area (Å²) >= 11 is 0. The number of nitrogens with zero attached hydrogens (tertiary/aromatic N) is 7. The standard InChI is InChI=1S/C18H23N7O2/c1-13(2)16-9-15(22-18-19-12-21-25(16)18)17(26)23-6-4-8-27-14(10-23)11-24-7-3-5-20-24/h3,5,7,9,12-14H,4,6,8,10-11H2,1-2H3/t14-/m1/s1. The van der Waals surface area contributed by atoms with Crippen molar-refractivity contribution in [3.05, 3.63) is 42.2 Å². The van der Waals surface area contributed by atoms with Gasteiger partial charge in [-0.1, -0.05) is 13.8 Å². The predicted molar refractivity (Wildman–Crippen MR) is 97.4 cm³/mol. The van der Waals surface area contributed by atoms with Crippen LogP contribution in [-0.4, -0.2) is 66.0 Å². The van der Waals surface area contributed by atoms with Crippen LogP contribution in [0.4, 0.5) is 0 Å². The molecule has 0 saturated carbocycles. The molecule has 1 aliphatic heterocycles. The van der Waals surface area contributed by atoms with Gasteiger partial charge >= 0.3 is 0 Å². The van der Waals surface area contributed by atoms with E-state index in [2.05, 4.69) is 34.0 Å². The molecule has 142 valence electrons. The smallest absolute Gasteiger partial charge is 0.272 e. The van der Waals surface area contributed by atoms with Crippen molar-refractivity contribution < 1.29 is 9.53 Å². The Morgan fingerprint density at radius 1 is 1.37 bits per heavy atom. The summed E-state index contributed by atoms with van der Waals surface area (Å²) < 4.78 is 9.43. The molecule has 0 aliphatic carbocycles. The number of carbonyl (C=O) groups is 1. The average Bonchev–Trinajstić information content (AvgIpc) is 3.28. The second-order valence-corrected chi connectivity index (χ2v) is 7.02. The largest absolute Gasteiger partial charge is 0.374 e. The van der Waals surface area contributed by atoms with E-state index in [1.54, 1.807) is 10.7 Å². The van der Waals surface area contributed by atoms with Gasteiger partial charge in [0.1, 0.15) is 12.0 Å². The van der Waals surface area contributed by atoms with Gasteiger partial charge in [0, 0.05) is 32.1 Å². The van der Waals surface area contributed by atoms with Gasteiger partial charge in [-0.25, -0.2) is 9.50 Å². The molecule has 0 bridgehead atoms. The highest BCUT2D eigenvalue weighted by molar-refractivity contribution is 5.92. The third-order valence-corrected chi connectivity index (χ3v) is 4.68. The maximum absolute atomic E-state index is 13.2. The molecule has 1 saturated heterocycles. The molecule has 0 unspecified atom stereocenters. The van der Waals surface area contributed by atoms with Crippen molar-refractivity contribution in [2.75, 3.05) is 19.7 Å². The summed E-state index contributed by atoms with van der Waals surface area (Å²) in [6.45, 7) is 6.52. The second kappa shape index (κ2) is 7.43. The fraction of sp³-hybridized carbons (Fsp3) is 0.500. The zero-order valence-electron chi connectivity index (χ0n) is 15.5. The van der Waals surface area contributed by atoms with Crippen molar-refractivity contribution in [1.82, 2.24) is 34.3 Å². The summed E-state index contributed by atoms with van der Waals surface area (Å²) in [5, 5.41) is 8.44. The fourth-order valence-electron chi connectivity index (χ4n) is 3.33. The number of aromatic nitrogens is 6. The average molecular weight is 369 g/mol. The first-order valence-electron chi connectivity index (χ1n) is 9.21. The van der Waals surface area contributed by atoms with E-state index in [1.807, 2.05) is 27.9 Å². The molecule has 0 spiro atoms.